The Labute approximate surface area is 239 Å². The molecule has 0 aliphatic rings. The number of nitrogens with zero attached hydrogens (tertiary/aromatic N) is 3. The first-order chi connectivity index (χ1) is 20.3. The smallest absolute Gasteiger partial charge is 0.266 e. The van der Waals surface area contributed by atoms with Crippen LogP contribution in [0.5, 0.6) is 11.5 Å². The lowest BCUT2D eigenvalue weighted by Gasteiger charge is -2.12. The zero-order chi connectivity index (χ0) is 29.4. The molecule has 0 amide bonds. The zero-order valence-electron chi connectivity index (χ0n) is 22.4. The number of benzene rings is 3. The average molecular weight is 563 g/mol. The van der Waals surface area contributed by atoms with Gasteiger partial charge in [0.1, 0.15) is 11.3 Å². The molecule has 0 fully saturated rings. The number of aromatic nitrogens is 3. The Balaban J connectivity index is 1.27. The molecule has 0 unspecified atom stereocenters. The highest BCUT2D eigenvalue weighted by molar-refractivity contribution is 5.98. The van der Waals surface area contributed by atoms with Gasteiger partial charge in [-0.1, -0.05) is 18.2 Å². The summed E-state index contributed by atoms with van der Waals surface area (Å²) in [4.78, 5) is 26.5. The maximum atomic E-state index is 15.3. The number of Topliss-reactive ketones (excluding diaryl/α,β-unsaturated/α-hetero) is 1. The highest BCUT2D eigenvalue weighted by Gasteiger charge is 2.19. The van der Waals surface area contributed by atoms with Crippen LogP contribution in [0.15, 0.2) is 108 Å². The first kappa shape index (κ1) is 26.6. The molecule has 3 aromatic heterocycles. The topological polar surface area (TPSA) is 91.6 Å². The normalized spacial score (nSPS) is 11.1. The summed E-state index contributed by atoms with van der Waals surface area (Å²) < 4.78 is 37.6. The number of ether oxygens (including phenoxy) is 1. The lowest BCUT2D eigenvalue weighted by atomic mass is 10.0. The van der Waals surface area contributed by atoms with E-state index in [4.69, 9.17) is 10.5 Å². The lowest BCUT2D eigenvalue weighted by molar-refractivity contribution is 0.0990. The van der Waals surface area contributed by atoms with Gasteiger partial charge in [-0.25, -0.2) is 13.3 Å². The third-order valence-corrected chi connectivity index (χ3v) is 6.98. The van der Waals surface area contributed by atoms with Crippen LogP contribution in [0.2, 0.25) is 0 Å². The second-order valence-electron chi connectivity index (χ2n) is 9.84. The Morgan fingerprint density at radius 3 is 2.50 bits per heavy atom. The van der Waals surface area contributed by atoms with Crippen LogP contribution in [0.1, 0.15) is 21.5 Å². The fourth-order valence-electron chi connectivity index (χ4n) is 4.94. The molecule has 6 rings (SSSR count). The van der Waals surface area contributed by atoms with Crippen molar-refractivity contribution in [2.75, 3.05) is 5.73 Å². The van der Waals surface area contributed by atoms with Crippen LogP contribution in [-0.4, -0.2) is 20.0 Å². The van der Waals surface area contributed by atoms with Crippen molar-refractivity contribution in [3.8, 4) is 28.3 Å². The molecule has 0 radical (unpaired) electrons. The Hall–Kier alpha value is -5.57. The Morgan fingerprint density at radius 1 is 0.929 bits per heavy atom. The quantitative estimate of drug-likeness (QED) is 0.176. The lowest BCUT2D eigenvalue weighted by Crippen LogP contribution is -2.27. The summed E-state index contributed by atoms with van der Waals surface area (Å²) in [5, 5.41) is 4.32. The number of aryl methyl sites for hydroxylation is 1. The zero-order valence-corrected chi connectivity index (χ0v) is 22.4. The van der Waals surface area contributed by atoms with Crippen LogP contribution >= 0.6 is 0 Å². The highest BCUT2D eigenvalue weighted by atomic mass is 19.1. The van der Waals surface area contributed by atoms with E-state index in [2.05, 4.69) is 5.10 Å². The van der Waals surface area contributed by atoms with Gasteiger partial charge in [0.15, 0.2) is 23.1 Å². The summed E-state index contributed by atoms with van der Waals surface area (Å²) in [5.74, 6) is -1.21. The van der Waals surface area contributed by atoms with E-state index in [9.17, 15) is 14.0 Å². The third-order valence-electron chi connectivity index (χ3n) is 6.98. The van der Waals surface area contributed by atoms with E-state index in [0.29, 0.717) is 33.8 Å². The van der Waals surface area contributed by atoms with Gasteiger partial charge in [-0.05, 0) is 84.3 Å². The van der Waals surface area contributed by atoms with Gasteiger partial charge in [0.25, 0.3) is 5.56 Å². The average Bonchev–Trinajstić information content (AvgIpc) is 3.41. The van der Waals surface area contributed by atoms with Crippen LogP contribution < -0.4 is 16.0 Å². The highest BCUT2D eigenvalue weighted by Crippen LogP contribution is 2.35. The van der Waals surface area contributed by atoms with E-state index in [1.807, 2.05) is 24.3 Å². The summed E-state index contributed by atoms with van der Waals surface area (Å²) in [6.07, 6.45) is 4.67. The predicted molar refractivity (Wildman–Crippen MR) is 156 cm³/mol. The first-order valence-electron chi connectivity index (χ1n) is 13.1. The molecule has 42 heavy (non-hydrogen) atoms. The van der Waals surface area contributed by atoms with E-state index in [-0.39, 0.29) is 17.7 Å². The van der Waals surface area contributed by atoms with Gasteiger partial charge < -0.3 is 10.5 Å². The van der Waals surface area contributed by atoms with Crippen LogP contribution in [0.3, 0.4) is 0 Å². The van der Waals surface area contributed by atoms with Crippen molar-refractivity contribution >= 4 is 17.0 Å². The predicted octanol–water partition coefficient (Wildman–Crippen LogP) is 6.54. The first-order valence-corrected chi connectivity index (χ1v) is 13.1. The Morgan fingerprint density at radius 2 is 1.74 bits per heavy atom. The van der Waals surface area contributed by atoms with Gasteiger partial charge in [-0.3, -0.25) is 14.2 Å². The second kappa shape index (κ2) is 10.8. The summed E-state index contributed by atoms with van der Waals surface area (Å²) in [6.45, 7) is 1.66. The molecule has 0 spiro atoms. The van der Waals surface area contributed by atoms with Gasteiger partial charge >= 0.3 is 0 Å². The molecule has 0 aliphatic carbocycles. The van der Waals surface area contributed by atoms with Gasteiger partial charge in [0, 0.05) is 41.8 Å². The van der Waals surface area contributed by atoms with Crippen molar-refractivity contribution in [1.29, 1.82) is 0 Å². The van der Waals surface area contributed by atoms with Gasteiger partial charge in [0.2, 0.25) is 0 Å². The number of nitrogen functional groups attached to an aromatic ring is 1. The van der Waals surface area contributed by atoms with Crippen molar-refractivity contribution < 1.29 is 18.3 Å². The molecule has 2 N–H and O–H groups in total. The summed E-state index contributed by atoms with van der Waals surface area (Å²) in [5.41, 5.74) is 9.65. The molecule has 0 atom stereocenters. The molecule has 208 valence electrons. The third kappa shape index (κ3) is 5.03. The number of ketones is 1. The van der Waals surface area contributed by atoms with Crippen molar-refractivity contribution in [3.63, 3.8) is 0 Å². The monoisotopic (exact) mass is 562 g/mol. The molecule has 9 heteroatoms. The number of halogens is 2. The van der Waals surface area contributed by atoms with Gasteiger partial charge in [-0.2, -0.15) is 5.10 Å². The molecular weight excluding hydrogens is 538 g/mol. The number of rotatable bonds is 7. The standard InChI is InChI=1S/C33H24F2N4O3/c1-20-12-15-38(25-8-6-23(34)7-9-25)33(41)31(20)28(40)18-21-5-10-29(27(35)17-21)42-30-11-14-37-39-16-13-26(32(30)39)22-3-2-4-24(36)19-22/h2-17,19H,18,36H2,1H3. The maximum absolute atomic E-state index is 15.3. The van der Waals surface area contributed by atoms with Crippen molar-refractivity contribution in [2.45, 2.75) is 13.3 Å². The minimum atomic E-state index is -0.666. The van der Waals surface area contributed by atoms with Crippen LogP contribution in [0.25, 0.3) is 22.3 Å². The molecule has 0 saturated carbocycles. The SMILES string of the molecule is Cc1ccn(-c2ccc(F)cc2)c(=O)c1C(=O)Cc1ccc(Oc2ccnn3ccc(-c4cccc(N)c4)c23)c(F)c1. The fourth-order valence-corrected chi connectivity index (χ4v) is 4.94. The number of hydrogen-bond donors (Lipinski definition) is 1. The van der Waals surface area contributed by atoms with Gasteiger partial charge in [0.05, 0.1) is 11.8 Å². The fraction of sp³-hybridized carbons (Fsp3) is 0.0606. The van der Waals surface area contributed by atoms with E-state index < -0.39 is 23.0 Å². The number of hydrogen-bond acceptors (Lipinski definition) is 5. The molecule has 6 aromatic rings. The maximum Gasteiger partial charge on any atom is 0.266 e. The van der Waals surface area contributed by atoms with E-state index in [1.165, 1.54) is 47.2 Å². The van der Waals surface area contributed by atoms with Crippen molar-refractivity contribution in [3.05, 3.63) is 142 Å². The van der Waals surface area contributed by atoms with Crippen LogP contribution in [0.4, 0.5) is 14.5 Å². The summed E-state index contributed by atoms with van der Waals surface area (Å²) in [6, 6.07) is 22.2. The summed E-state index contributed by atoms with van der Waals surface area (Å²) in [7, 11) is 0. The number of pyridine rings is 1. The minimum Gasteiger partial charge on any atom is -0.452 e. The summed E-state index contributed by atoms with van der Waals surface area (Å²) >= 11 is 0. The molecule has 0 aliphatic heterocycles. The van der Waals surface area contributed by atoms with Crippen LogP contribution in [-0.2, 0) is 6.42 Å². The number of anilines is 1. The van der Waals surface area contributed by atoms with Gasteiger partial charge in [-0.15, -0.1) is 0 Å². The number of carbonyl (C=O) groups is 1. The van der Waals surface area contributed by atoms with Crippen LogP contribution in [0, 0.1) is 18.6 Å². The number of nitrogens with two attached hydrogens (primary N) is 1. The van der Waals surface area contributed by atoms with Crippen molar-refractivity contribution in [1.82, 2.24) is 14.2 Å². The Bertz CT molecular complexity index is 2030. The number of carbonyl (C=O) groups excluding carboxylic acids is 1. The van der Waals surface area contributed by atoms with E-state index >= 15 is 4.39 Å². The molecule has 0 saturated heterocycles. The van der Waals surface area contributed by atoms with E-state index in [0.717, 1.165) is 11.1 Å². The number of fused-ring (bicyclic) bond motifs is 1. The van der Waals surface area contributed by atoms with Crippen molar-refractivity contribution in [2.24, 2.45) is 0 Å². The molecular formula is C33H24F2N4O3. The molecule has 0 bridgehead atoms. The molecule has 3 heterocycles. The molecule has 7 nitrogen and oxygen atoms in total. The van der Waals surface area contributed by atoms with E-state index in [1.54, 1.807) is 48.1 Å². The largest absolute Gasteiger partial charge is 0.452 e. The molecule has 3 aromatic carbocycles. The minimum absolute atomic E-state index is 0.0101. The Kier molecular flexibility index (Phi) is 6.84. The second-order valence-corrected chi connectivity index (χ2v) is 9.84.